The zero-order chi connectivity index (χ0) is 21.1. The van der Waals surface area contributed by atoms with Crippen LogP contribution in [0, 0.1) is 0 Å². The molecule has 2 aliphatic rings. The lowest BCUT2D eigenvalue weighted by molar-refractivity contribution is -0.124. The number of amidine groups is 1. The highest BCUT2D eigenvalue weighted by molar-refractivity contribution is 7.90. The first-order valence-corrected chi connectivity index (χ1v) is 11.6. The Bertz CT molecular complexity index is 1080. The molecule has 0 bridgehead atoms. The highest BCUT2D eigenvalue weighted by Gasteiger charge is 2.39. The summed E-state index contributed by atoms with van der Waals surface area (Å²) in [5.74, 6) is 0.253. The molecule has 0 spiro atoms. The number of carbonyl (C=O) groups excluding carboxylic acids is 1. The van der Waals surface area contributed by atoms with Gasteiger partial charge < -0.3 is 15.0 Å². The normalized spacial score (nSPS) is 19.4. The Morgan fingerprint density at radius 3 is 2.70 bits per heavy atom. The van der Waals surface area contributed by atoms with Crippen molar-refractivity contribution < 1.29 is 17.9 Å². The van der Waals surface area contributed by atoms with Crippen LogP contribution in [0.3, 0.4) is 0 Å². The molecule has 7 nitrogen and oxygen atoms in total. The SMILES string of the molecule is CCOCc1ccccc1CNC(=O)[C@@H]1CCCN1C1=NS(=O)(=O)c2ccccc21. The molecule has 1 saturated heterocycles. The third-order valence-corrected chi connectivity index (χ3v) is 6.80. The van der Waals surface area contributed by atoms with Crippen LogP contribution in [0.15, 0.2) is 57.8 Å². The van der Waals surface area contributed by atoms with E-state index in [0.29, 0.717) is 44.1 Å². The number of hydrogen-bond acceptors (Lipinski definition) is 5. The minimum Gasteiger partial charge on any atom is -0.377 e. The summed E-state index contributed by atoms with van der Waals surface area (Å²) in [6.07, 6.45) is 1.47. The summed E-state index contributed by atoms with van der Waals surface area (Å²) < 4.78 is 34.3. The van der Waals surface area contributed by atoms with Gasteiger partial charge in [-0.1, -0.05) is 36.4 Å². The average molecular weight is 428 g/mol. The third-order valence-electron chi connectivity index (χ3n) is 5.47. The Morgan fingerprint density at radius 1 is 1.17 bits per heavy atom. The summed E-state index contributed by atoms with van der Waals surface area (Å²) in [4.78, 5) is 15.0. The van der Waals surface area contributed by atoms with E-state index in [2.05, 4.69) is 9.71 Å². The van der Waals surface area contributed by atoms with Gasteiger partial charge >= 0.3 is 0 Å². The summed E-state index contributed by atoms with van der Waals surface area (Å²) in [6, 6.07) is 14.2. The Balaban J connectivity index is 1.50. The zero-order valence-corrected chi connectivity index (χ0v) is 17.7. The standard InChI is InChI=1S/C22H25N3O4S/c1-2-29-15-17-9-4-3-8-16(17)14-23-22(26)19-11-7-13-25(19)21-18-10-5-6-12-20(18)30(27,28)24-21/h3-6,8-10,12,19H,2,7,11,13-15H2,1H3,(H,23,26)/t19-/m0/s1. The van der Waals surface area contributed by atoms with Gasteiger partial charge in [0, 0.05) is 25.3 Å². The first-order valence-electron chi connectivity index (χ1n) is 10.1. The number of nitrogens with one attached hydrogen (secondary N) is 1. The fraction of sp³-hybridized carbons (Fsp3) is 0.364. The second-order valence-corrected chi connectivity index (χ2v) is 8.93. The number of sulfonamides is 1. The maximum absolute atomic E-state index is 13.0. The zero-order valence-electron chi connectivity index (χ0n) is 16.9. The minimum atomic E-state index is -3.71. The molecule has 0 saturated carbocycles. The van der Waals surface area contributed by atoms with Crippen molar-refractivity contribution in [2.24, 2.45) is 4.40 Å². The molecule has 2 aliphatic heterocycles. The van der Waals surface area contributed by atoms with Gasteiger partial charge in [-0.05, 0) is 43.0 Å². The van der Waals surface area contributed by atoms with Gasteiger partial charge in [0.15, 0.2) is 5.84 Å². The summed E-state index contributed by atoms with van der Waals surface area (Å²) >= 11 is 0. The second-order valence-electron chi connectivity index (χ2n) is 7.36. The van der Waals surface area contributed by atoms with E-state index in [1.54, 1.807) is 24.3 Å². The maximum atomic E-state index is 13.0. The predicted molar refractivity (Wildman–Crippen MR) is 114 cm³/mol. The van der Waals surface area contributed by atoms with Crippen LogP contribution in [0.2, 0.25) is 0 Å². The van der Waals surface area contributed by atoms with Crippen LogP contribution in [0.25, 0.3) is 0 Å². The topological polar surface area (TPSA) is 88.1 Å². The molecule has 0 aromatic heterocycles. The summed E-state index contributed by atoms with van der Waals surface area (Å²) in [6.45, 7) is 4.08. The van der Waals surface area contributed by atoms with Crippen LogP contribution in [-0.4, -0.2) is 44.3 Å². The number of rotatable bonds is 6. The van der Waals surface area contributed by atoms with Crippen LogP contribution in [0.5, 0.6) is 0 Å². The Kier molecular flexibility index (Phi) is 5.87. The Hall–Kier alpha value is -2.71. The Morgan fingerprint density at radius 2 is 1.90 bits per heavy atom. The minimum absolute atomic E-state index is 0.122. The molecule has 30 heavy (non-hydrogen) atoms. The van der Waals surface area contributed by atoms with Crippen molar-refractivity contribution in [3.63, 3.8) is 0 Å². The highest BCUT2D eigenvalue weighted by atomic mass is 32.2. The third kappa shape index (κ3) is 3.97. The molecular formula is C22H25N3O4S. The van der Waals surface area contributed by atoms with Crippen molar-refractivity contribution in [2.75, 3.05) is 13.2 Å². The van der Waals surface area contributed by atoms with E-state index < -0.39 is 16.1 Å². The lowest BCUT2D eigenvalue weighted by Crippen LogP contribution is -2.45. The predicted octanol–water partition coefficient (Wildman–Crippen LogP) is 2.45. The monoisotopic (exact) mass is 427 g/mol. The molecule has 1 atom stereocenters. The van der Waals surface area contributed by atoms with Crippen LogP contribution in [0.4, 0.5) is 0 Å². The van der Waals surface area contributed by atoms with Crippen molar-refractivity contribution in [3.05, 3.63) is 65.2 Å². The molecule has 4 rings (SSSR count). The van der Waals surface area contributed by atoms with Gasteiger partial charge in [0.1, 0.15) is 10.9 Å². The van der Waals surface area contributed by atoms with Crippen LogP contribution in [-0.2, 0) is 32.7 Å². The number of hydrogen-bond donors (Lipinski definition) is 1. The smallest absolute Gasteiger partial charge is 0.285 e. The maximum Gasteiger partial charge on any atom is 0.285 e. The first-order chi connectivity index (χ1) is 14.5. The van der Waals surface area contributed by atoms with Crippen molar-refractivity contribution >= 4 is 21.8 Å². The van der Waals surface area contributed by atoms with Crippen LogP contribution < -0.4 is 5.32 Å². The van der Waals surface area contributed by atoms with E-state index in [1.807, 2.05) is 36.1 Å². The summed E-state index contributed by atoms with van der Waals surface area (Å²) in [5, 5.41) is 3.02. The van der Waals surface area contributed by atoms with Gasteiger partial charge in [-0.15, -0.1) is 4.40 Å². The van der Waals surface area contributed by atoms with E-state index in [1.165, 1.54) is 0 Å². The molecular weight excluding hydrogens is 402 g/mol. The molecule has 1 N–H and O–H groups in total. The number of carbonyl (C=O) groups is 1. The second kappa shape index (κ2) is 8.57. The van der Waals surface area contributed by atoms with E-state index in [4.69, 9.17) is 4.74 Å². The molecule has 2 aromatic rings. The number of nitrogens with zero attached hydrogens (tertiary/aromatic N) is 2. The number of amides is 1. The number of ether oxygens (including phenoxy) is 1. The summed E-state index contributed by atoms with van der Waals surface area (Å²) in [5.41, 5.74) is 2.62. The molecule has 0 unspecified atom stereocenters. The molecule has 8 heteroatoms. The lowest BCUT2D eigenvalue weighted by atomic mass is 10.1. The molecule has 1 fully saturated rings. The van der Waals surface area contributed by atoms with E-state index >= 15 is 0 Å². The molecule has 2 heterocycles. The summed E-state index contributed by atoms with van der Waals surface area (Å²) in [7, 11) is -3.71. The van der Waals surface area contributed by atoms with Crippen LogP contribution >= 0.6 is 0 Å². The van der Waals surface area contributed by atoms with Crippen molar-refractivity contribution in [2.45, 2.75) is 43.9 Å². The molecule has 0 aliphatic carbocycles. The number of fused-ring (bicyclic) bond motifs is 1. The average Bonchev–Trinajstić information content (AvgIpc) is 3.34. The fourth-order valence-corrected chi connectivity index (χ4v) is 5.19. The van der Waals surface area contributed by atoms with Gasteiger partial charge in [0.05, 0.1) is 6.61 Å². The van der Waals surface area contributed by atoms with E-state index in [0.717, 1.165) is 17.5 Å². The van der Waals surface area contributed by atoms with Crippen molar-refractivity contribution in [1.82, 2.24) is 10.2 Å². The first kappa shape index (κ1) is 20.6. The molecule has 158 valence electrons. The van der Waals surface area contributed by atoms with Crippen molar-refractivity contribution in [3.8, 4) is 0 Å². The van der Waals surface area contributed by atoms with Gasteiger partial charge in [-0.2, -0.15) is 8.42 Å². The molecule has 2 aromatic carbocycles. The lowest BCUT2D eigenvalue weighted by Gasteiger charge is -2.25. The van der Waals surface area contributed by atoms with E-state index in [-0.39, 0.29) is 10.8 Å². The molecule has 1 amide bonds. The number of likely N-dealkylation sites (tertiary alicyclic amines) is 1. The van der Waals surface area contributed by atoms with Crippen LogP contribution in [0.1, 0.15) is 36.5 Å². The Labute approximate surface area is 176 Å². The number of benzene rings is 2. The highest BCUT2D eigenvalue weighted by Crippen LogP contribution is 2.31. The van der Waals surface area contributed by atoms with Crippen molar-refractivity contribution in [1.29, 1.82) is 0 Å². The van der Waals surface area contributed by atoms with Gasteiger partial charge in [0.25, 0.3) is 10.0 Å². The van der Waals surface area contributed by atoms with Gasteiger partial charge in [-0.3, -0.25) is 4.79 Å². The van der Waals surface area contributed by atoms with Gasteiger partial charge in [-0.25, -0.2) is 0 Å². The molecule has 0 radical (unpaired) electrons. The quantitative estimate of drug-likeness (QED) is 0.765. The fourth-order valence-electron chi connectivity index (χ4n) is 3.97. The van der Waals surface area contributed by atoms with E-state index in [9.17, 15) is 13.2 Å². The largest absolute Gasteiger partial charge is 0.377 e. The van der Waals surface area contributed by atoms with Gasteiger partial charge in [0.2, 0.25) is 5.91 Å².